The molecule has 0 saturated carbocycles. The molecule has 1 aliphatic heterocycles. The van der Waals surface area contributed by atoms with E-state index in [1.807, 2.05) is 31.2 Å². The van der Waals surface area contributed by atoms with Crippen LogP contribution in [0, 0.1) is 0 Å². The molecule has 0 aromatic heterocycles. The van der Waals surface area contributed by atoms with Gasteiger partial charge in [-0.25, -0.2) is 4.79 Å². The van der Waals surface area contributed by atoms with Crippen LogP contribution in [0.25, 0.3) is 0 Å². The fraction of sp³-hybridized carbons (Fsp3) is 0.543. The van der Waals surface area contributed by atoms with E-state index in [0.717, 1.165) is 24.0 Å². The SMILES string of the molecule is CCOc1cc(OC)ccc1CN(CC(=O)N1CCCC(c2cccc(C(=O)NCCOCCC(=O)OC)c2)C1)C(=O)OC(C)(C)C. The smallest absolute Gasteiger partial charge is 0.411 e. The molecular weight excluding hydrogens is 606 g/mol. The molecule has 1 N–H and O–H groups in total. The van der Waals surface area contributed by atoms with Gasteiger partial charge in [-0.15, -0.1) is 0 Å². The van der Waals surface area contributed by atoms with Crippen LogP contribution in [0.1, 0.15) is 74.4 Å². The van der Waals surface area contributed by atoms with Crippen molar-refractivity contribution in [2.45, 2.75) is 65.0 Å². The molecule has 1 atom stereocenters. The van der Waals surface area contributed by atoms with Gasteiger partial charge < -0.3 is 33.9 Å². The molecule has 1 unspecified atom stereocenters. The number of rotatable bonds is 15. The van der Waals surface area contributed by atoms with Crippen molar-refractivity contribution in [3.63, 3.8) is 0 Å². The minimum atomic E-state index is -0.744. The molecule has 1 saturated heterocycles. The van der Waals surface area contributed by atoms with E-state index in [9.17, 15) is 19.2 Å². The summed E-state index contributed by atoms with van der Waals surface area (Å²) in [6.07, 6.45) is 1.21. The van der Waals surface area contributed by atoms with E-state index in [4.69, 9.17) is 18.9 Å². The number of ether oxygens (including phenoxy) is 5. The second-order valence-corrected chi connectivity index (χ2v) is 12.2. The number of amides is 3. The first-order valence-electron chi connectivity index (χ1n) is 16.0. The lowest BCUT2D eigenvalue weighted by atomic mass is 9.89. The second-order valence-electron chi connectivity index (χ2n) is 12.2. The van der Waals surface area contributed by atoms with Crippen LogP contribution in [0.15, 0.2) is 42.5 Å². The van der Waals surface area contributed by atoms with E-state index in [1.54, 1.807) is 51.0 Å². The van der Waals surface area contributed by atoms with Gasteiger partial charge in [0.05, 0.1) is 47.0 Å². The van der Waals surface area contributed by atoms with E-state index < -0.39 is 11.7 Å². The van der Waals surface area contributed by atoms with E-state index in [2.05, 4.69) is 10.1 Å². The van der Waals surface area contributed by atoms with Crippen molar-refractivity contribution >= 4 is 23.9 Å². The summed E-state index contributed by atoms with van der Waals surface area (Å²) in [4.78, 5) is 54.2. The van der Waals surface area contributed by atoms with E-state index in [0.29, 0.717) is 43.3 Å². The predicted molar refractivity (Wildman–Crippen MR) is 176 cm³/mol. The van der Waals surface area contributed by atoms with Crippen LogP contribution in [-0.4, -0.2) is 99.5 Å². The Kier molecular flexibility index (Phi) is 14.3. The summed E-state index contributed by atoms with van der Waals surface area (Å²) in [5.41, 5.74) is 1.46. The third-order valence-electron chi connectivity index (χ3n) is 7.52. The van der Waals surface area contributed by atoms with Crippen LogP contribution >= 0.6 is 0 Å². The summed E-state index contributed by atoms with van der Waals surface area (Å²) < 4.78 is 26.8. The second kappa shape index (κ2) is 18.1. The van der Waals surface area contributed by atoms with Crippen molar-refractivity contribution in [3.05, 3.63) is 59.2 Å². The zero-order valence-corrected chi connectivity index (χ0v) is 28.5. The maximum absolute atomic E-state index is 13.7. The van der Waals surface area contributed by atoms with Gasteiger partial charge in [0.25, 0.3) is 5.91 Å². The molecule has 3 amide bonds. The first-order chi connectivity index (χ1) is 22.4. The Morgan fingerprint density at radius 3 is 2.53 bits per heavy atom. The Morgan fingerprint density at radius 1 is 1.04 bits per heavy atom. The summed E-state index contributed by atoms with van der Waals surface area (Å²) in [6.45, 7) is 9.44. The fourth-order valence-corrected chi connectivity index (χ4v) is 5.17. The number of hydrogen-bond acceptors (Lipinski definition) is 9. The molecule has 0 bridgehead atoms. The van der Waals surface area contributed by atoms with Gasteiger partial charge in [0.1, 0.15) is 23.6 Å². The van der Waals surface area contributed by atoms with Gasteiger partial charge in [-0.3, -0.25) is 19.3 Å². The number of nitrogens with zero attached hydrogens (tertiary/aromatic N) is 2. The van der Waals surface area contributed by atoms with Crippen molar-refractivity contribution in [2.75, 3.05) is 60.2 Å². The number of carbonyl (C=O) groups is 4. The average molecular weight is 656 g/mol. The highest BCUT2D eigenvalue weighted by molar-refractivity contribution is 5.94. The molecule has 258 valence electrons. The lowest BCUT2D eigenvalue weighted by Gasteiger charge is -2.35. The zero-order chi connectivity index (χ0) is 34.4. The number of benzene rings is 2. The van der Waals surface area contributed by atoms with Crippen LogP contribution in [0.2, 0.25) is 0 Å². The number of piperidine rings is 1. The van der Waals surface area contributed by atoms with Crippen LogP contribution in [0.5, 0.6) is 11.5 Å². The summed E-state index contributed by atoms with van der Waals surface area (Å²) in [5.74, 6) is 0.459. The molecule has 3 rings (SSSR count). The summed E-state index contributed by atoms with van der Waals surface area (Å²) in [6, 6.07) is 12.8. The molecule has 1 fully saturated rings. The molecular formula is C35H49N3O9. The van der Waals surface area contributed by atoms with E-state index in [-0.39, 0.29) is 56.4 Å². The number of methoxy groups -OCH3 is 2. The lowest BCUT2D eigenvalue weighted by molar-refractivity contribution is -0.141. The highest BCUT2D eigenvalue weighted by atomic mass is 16.6. The molecule has 12 heteroatoms. The Bertz CT molecular complexity index is 1360. The molecule has 1 heterocycles. The highest BCUT2D eigenvalue weighted by Crippen LogP contribution is 2.29. The standard InChI is InChI=1S/C35H49N3O9/c1-7-46-30-21-29(43-5)14-13-28(30)23-38(34(42)47-35(2,3)4)24-31(39)37-17-9-12-27(22-37)25-10-8-11-26(20-25)33(41)36-16-19-45-18-15-32(40)44-6/h8,10-11,13-14,20-21,27H,7,9,12,15-19,22-24H2,1-6H3,(H,36,41). The maximum Gasteiger partial charge on any atom is 0.411 e. The van der Waals surface area contributed by atoms with Crippen LogP contribution in [0.4, 0.5) is 4.79 Å². The van der Waals surface area contributed by atoms with Gasteiger partial charge in [0.15, 0.2) is 0 Å². The molecule has 2 aromatic carbocycles. The molecule has 47 heavy (non-hydrogen) atoms. The number of hydrogen-bond donors (Lipinski definition) is 1. The maximum atomic E-state index is 13.7. The van der Waals surface area contributed by atoms with Gasteiger partial charge in [-0.05, 0) is 70.4 Å². The van der Waals surface area contributed by atoms with Gasteiger partial charge >= 0.3 is 12.1 Å². The van der Waals surface area contributed by atoms with E-state index >= 15 is 0 Å². The average Bonchev–Trinajstić information content (AvgIpc) is 3.05. The largest absolute Gasteiger partial charge is 0.497 e. The van der Waals surface area contributed by atoms with Crippen molar-refractivity contribution in [3.8, 4) is 11.5 Å². The van der Waals surface area contributed by atoms with Crippen molar-refractivity contribution in [1.82, 2.24) is 15.1 Å². The number of esters is 1. The number of likely N-dealkylation sites (tertiary alicyclic amines) is 1. The predicted octanol–water partition coefficient (Wildman–Crippen LogP) is 4.55. The molecule has 1 aliphatic rings. The lowest BCUT2D eigenvalue weighted by Crippen LogP contribution is -2.47. The van der Waals surface area contributed by atoms with E-state index in [1.165, 1.54) is 12.0 Å². The molecule has 12 nitrogen and oxygen atoms in total. The molecule has 2 aromatic rings. The topological polar surface area (TPSA) is 133 Å². The summed E-state index contributed by atoms with van der Waals surface area (Å²) in [5, 5.41) is 2.83. The Morgan fingerprint density at radius 2 is 1.83 bits per heavy atom. The normalized spacial score (nSPS) is 14.6. The first-order valence-corrected chi connectivity index (χ1v) is 16.0. The molecule has 0 spiro atoms. The first kappa shape index (κ1) is 37.1. The van der Waals surface area contributed by atoms with Crippen LogP contribution in [-0.2, 0) is 30.3 Å². The fourth-order valence-electron chi connectivity index (χ4n) is 5.17. The van der Waals surface area contributed by atoms with Crippen molar-refractivity contribution in [1.29, 1.82) is 0 Å². The number of carbonyl (C=O) groups excluding carboxylic acids is 4. The van der Waals surface area contributed by atoms with Crippen LogP contribution < -0.4 is 14.8 Å². The summed E-state index contributed by atoms with van der Waals surface area (Å²) >= 11 is 0. The minimum absolute atomic E-state index is 0.0308. The zero-order valence-electron chi connectivity index (χ0n) is 28.5. The van der Waals surface area contributed by atoms with Crippen molar-refractivity contribution in [2.24, 2.45) is 0 Å². The molecule has 0 radical (unpaired) electrons. The van der Waals surface area contributed by atoms with Gasteiger partial charge in [-0.2, -0.15) is 0 Å². The van der Waals surface area contributed by atoms with Gasteiger partial charge in [-0.1, -0.05) is 12.1 Å². The Labute approximate surface area is 277 Å². The Hall–Kier alpha value is -4.32. The van der Waals surface area contributed by atoms with Crippen molar-refractivity contribution < 1.29 is 42.9 Å². The third kappa shape index (κ3) is 12.1. The monoisotopic (exact) mass is 655 g/mol. The van der Waals surface area contributed by atoms with Gasteiger partial charge in [0.2, 0.25) is 5.91 Å². The van der Waals surface area contributed by atoms with Crippen LogP contribution in [0.3, 0.4) is 0 Å². The quantitative estimate of drug-likeness (QED) is 0.217. The molecule has 0 aliphatic carbocycles. The third-order valence-corrected chi connectivity index (χ3v) is 7.52. The number of nitrogens with one attached hydrogen (secondary N) is 1. The summed E-state index contributed by atoms with van der Waals surface area (Å²) in [7, 11) is 2.89. The highest BCUT2D eigenvalue weighted by Gasteiger charge is 2.30. The Balaban J connectivity index is 1.66. The minimum Gasteiger partial charge on any atom is -0.497 e. The van der Waals surface area contributed by atoms with Gasteiger partial charge in [0, 0.05) is 42.7 Å².